The first-order chi connectivity index (χ1) is 21.1. The van der Waals surface area contributed by atoms with E-state index >= 15 is 0 Å². The zero-order valence-corrected chi connectivity index (χ0v) is 26.9. The molecule has 0 spiro atoms. The Kier molecular flexibility index (Phi) is 10.0. The number of benzene rings is 2. The number of aromatic nitrogens is 2. The predicted molar refractivity (Wildman–Crippen MR) is 179 cm³/mol. The minimum absolute atomic E-state index is 0.133. The largest absolute Gasteiger partial charge is 0.371 e. The lowest BCUT2D eigenvalue weighted by Crippen LogP contribution is -2.57. The van der Waals surface area contributed by atoms with Gasteiger partial charge in [-0.2, -0.15) is 0 Å². The molecule has 0 aliphatic carbocycles. The second-order valence-electron chi connectivity index (χ2n) is 12.9. The van der Waals surface area contributed by atoms with E-state index in [0.29, 0.717) is 12.6 Å². The van der Waals surface area contributed by atoms with Crippen molar-refractivity contribution < 1.29 is 4.79 Å². The van der Waals surface area contributed by atoms with Crippen molar-refractivity contribution in [3.05, 3.63) is 95.6 Å². The Hall–Kier alpha value is -3.75. The maximum absolute atomic E-state index is 11.9. The van der Waals surface area contributed by atoms with E-state index in [-0.39, 0.29) is 11.4 Å². The summed E-state index contributed by atoms with van der Waals surface area (Å²) in [7, 11) is 0. The Balaban J connectivity index is 1.22. The van der Waals surface area contributed by atoms with Crippen LogP contribution in [0, 0.1) is 13.8 Å². The van der Waals surface area contributed by atoms with E-state index in [1.165, 1.54) is 11.3 Å². The molecule has 5 rings (SSSR count). The number of rotatable bonds is 10. The third-order valence-electron chi connectivity index (χ3n) is 9.75. The summed E-state index contributed by atoms with van der Waals surface area (Å²) in [6, 6.07) is 19.4. The highest BCUT2D eigenvalue weighted by Crippen LogP contribution is 2.36. The van der Waals surface area contributed by atoms with Gasteiger partial charge in [0.25, 0.3) is 0 Å². The summed E-state index contributed by atoms with van der Waals surface area (Å²) >= 11 is 0. The summed E-state index contributed by atoms with van der Waals surface area (Å²) in [4.78, 5) is 28.5. The van der Waals surface area contributed by atoms with Gasteiger partial charge in [0.1, 0.15) is 6.33 Å². The van der Waals surface area contributed by atoms with Crippen LogP contribution in [-0.2, 0) is 17.9 Å². The Bertz CT molecular complexity index is 1390. The number of aryl methyl sites for hydroxylation is 2. The molecule has 44 heavy (non-hydrogen) atoms. The number of anilines is 1. The van der Waals surface area contributed by atoms with E-state index in [9.17, 15) is 4.79 Å². The van der Waals surface area contributed by atoms with E-state index in [1.54, 1.807) is 13.3 Å². The number of nitrogens with one attached hydrogen (secondary N) is 1. The molecule has 8 nitrogen and oxygen atoms in total. The lowest BCUT2D eigenvalue weighted by molar-refractivity contribution is -0.122. The second kappa shape index (κ2) is 13.9. The van der Waals surface area contributed by atoms with Gasteiger partial charge in [0.05, 0.1) is 17.4 Å². The molecule has 1 aromatic heterocycles. The molecule has 2 aliphatic rings. The molecule has 1 amide bonds. The Morgan fingerprint density at radius 1 is 1.00 bits per heavy atom. The van der Waals surface area contributed by atoms with Crippen LogP contribution in [0.2, 0.25) is 0 Å². The zero-order chi connectivity index (χ0) is 31.3. The van der Waals surface area contributed by atoms with Gasteiger partial charge < -0.3 is 20.9 Å². The Morgan fingerprint density at radius 2 is 1.61 bits per heavy atom. The molecule has 3 heterocycles. The zero-order valence-electron chi connectivity index (χ0n) is 26.9. The highest BCUT2D eigenvalue weighted by molar-refractivity contribution is 5.80. The van der Waals surface area contributed by atoms with Crippen LogP contribution in [0.3, 0.4) is 0 Å². The van der Waals surface area contributed by atoms with E-state index in [2.05, 4.69) is 98.1 Å². The average molecular weight is 596 g/mol. The van der Waals surface area contributed by atoms with Gasteiger partial charge in [-0.25, -0.2) is 9.97 Å². The van der Waals surface area contributed by atoms with Gasteiger partial charge in [0.15, 0.2) is 0 Å². The Labute approximate surface area is 263 Å². The molecule has 1 atom stereocenters. The third kappa shape index (κ3) is 7.30. The third-order valence-corrected chi connectivity index (χ3v) is 9.75. The molecular weight excluding hydrogens is 546 g/mol. The fourth-order valence-corrected chi connectivity index (χ4v) is 6.83. The smallest absolute Gasteiger partial charge is 0.236 e. The minimum Gasteiger partial charge on any atom is -0.371 e. The summed E-state index contributed by atoms with van der Waals surface area (Å²) in [5.74, 6) is -0.133. The average Bonchev–Trinajstić information content (AvgIpc) is 3.03. The summed E-state index contributed by atoms with van der Waals surface area (Å²) in [6.07, 6.45) is 6.14. The maximum atomic E-state index is 11.9. The van der Waals surface area contributed by atoms with Gasteiger partial charge >= 0.3 is 0 Å². The van der Waals surface area contributed by atoms with Gasteiger partial charge in [-0.3, -0.25) is 9.69 Å². The van der Waals surface area contributed by atoms with Crippen molar-refractivity contribution in [2.45, 2.75) is 84.1 Å². The first-order valence-corrected chi connectivity index (χ1v) is 16.0. The van der Waals surface area contributed by atoms with Crippen LogP contribution in [0.4, 0.5) is 5.69 Å². The number of likely N-dealkylation sites (tertiary alicyclic amines) is 2. The topological polar surface area (TPSA) is 90.6 Å². The number of carbonyl (C=O) groups is 1. The summed E-state index contributed by atoms with van der Waals surface area (Å²) in [5, 5.41) is 2.92. The van der Waals surface area contributed by atoms with Crippen molar-refractivity contribution in [3.63, 3.8) is 0 Å². The number of hydrogen-bond acceptors (Lipinski definition) is 7. The molecule has 0 bridgehead atoms. The fraction of sp³-hybridized carbons (Fsp3) is 0.472. The molecule has 234 valence electrons. The van der Waals surface area contributed by atoms with Crippen LogP contribution in [0.15, 0.2) is 67.5 Å². The van der Waals surface area contributed by atoms with Crippen LogP contribution >= 0.6 is 0 Å². The van der Waals surface area contributed by atoms with Crippen molar-refractivity contribution in [1.82, 2.24) is 25.1 Å². The molecule has 3 aromatic rings. The number of nitrogens with zero attached hydrogens (tertiary/aromatic N) is 5. The van der Waals surface area contributed by atoms with E-state index in [4.69, 9.17) is 5.73 Å². The molecular formula is C36H49N7O. The quantitative estimate of drug-likeness (QED) is 0.339. The van der Waals surface area contributed by atoms with Gasteiger partial charge in [-0.1, -0.05) is 49.0 Å². The summed E-state index contributed by atoms with van der Waals surface area (Å²) in [6.45, 7) is 18.3. The molecule has 3 N–H and O–H groups in total. The fourth-order valence-electron chi connectivity index (χ4n) is 6.83. The molecule has 2 aliphatic heterocycles. The highest BCUT2D eigenvalue weighted by atomic mass is 16.2. The van der Waals surface area contributed by atoms with Crippen LogP contribution in [0.25, 0.3) is 5.70 Å². The molecule has 2 saturated heterocycles. The van der Waals surface area contributed by atoms with Gasteiger partial charge in [0.2, 0.25) is 5.91 Å². The van der Waals surface area contributed by atoms with E-state index in [0.717, 1.165) is 86.6 Å². The van der Waals surface area contributed by atoms with Gasteiger partial charge in [0, 0.05) is 67.8 Å². The summed E-state index contributed by atoms with van der Waals surface area (Å²) < 4.78 is 0. The number of carbonyl (C=O) groups excluding carboxylic acids is 1. The van der Waals surface area contributed by atoms with Crippen molar-refractivity contribution in [2.24, 2.45) is 5.73 Å². The molecule has 8 heteroatoms. The number of nitrogens with two attached hydrogens (primary N) is 1. The Morgan fingerprint density at radius 3 is 2.20 bits per heavy atom. The lowest BCUT2D eigenvalue weighted by atomic mass is 9.85. The number of amides is 1. The van der Waals surface area contributed by atoms with Gasteiger partial charge in [-0.05, 0) is 76.6 Å². The molecule has 0 radical (unpaired) electrons. The standard InChI is InChI=1S/C36H49N7O/c1-26(37)35(44)38-23-30-11-13-32(14-12-30)43(24-31-9-7-6-8-10-31)33-15-19-42(20-16-33)36(5)17-21-41(22-18-36)29(4)34-27(2)39-25-40-28(34)3/h6-14,25-26,33H,4,15-24,37H2,1-3,5H3,(H,38,44)/t26-/m0/s1. The van der Waals surface area contributed by atoms with Crippen LogP contribution < -0.4 is 16.0 Å². The normalized spacial score (nSPS) is 18.1. The van der Waals surface area contributed by atoms with Crippen molar-refractivity contribution in [1.29, 1.82) is 0 Å². The van der Waals surface area contributed by atoms with Crippen LogP contribution in [0.5, 0.6) is 0 Å². The van der Waals surface area contributed by atoms with Crippen LogP contribution in [-0.4, -0.2) is 69.5 Å². The van der Waals surface area contributed by atoms with E-state index < -0.39 is 6.04 Å². The lowest BCUT2D eigenvalue weighted by Gasteiger charge is -2.51. The monoisotopic (exact) mass is 595 g/mol. The maximum Gasteiger partial charge on any atom is 0.236 e. The minimum atomic E-state index is -0.506. The molecule has 2 fully saturated rings. The van der Waals surface area contributed by atoms with Crippen molar-refractivity contribution >= 4 is 17.3 Å². The molecule has 0 saturated carbocycles. The highest BCUT2D eigenvalue weighted by Gasteiger charge is 2.39. The van der Waals surface area contributed by atoms with Crippen LogP contribution in [0.1, 0.15) is 67.6 Å². The SMILES string of the molecule is C=C(c1c(C)ncnc1C)N1CCC(C)(N2CCC(N(Cc3ccccc3)c3ccc(CNC(=O)[C@H](C)N)cc3)CC2)CC1. The number of hydrogen-bond donors (Lipinski definition) is 2. The number of piperidine rings is 2. The van der Waals surface area contributed by atoms with E-state index in [1.807, 2.05) is 13.8 Å². The van der Waals surface area contributed by atoms with Crippen molar-refractivity contribution in [2.75, 3.05) is 31.1 Å². The predicted octanol–water partition coefficient (Wildman–Crippen LogP) is 5.05. The first-order valence-electron chi connectivity index (χ1n) is 16.0. The van der Waals surface area contributed by atoms with Crippen molar-refractivity contribution in [3.8, 4) is 0 Å². The molecule has 0 unspecified atom stereocenters. The second-order valence-corrected chi connectivity index (χ2v) is 12.9. The molecule has 2 aromatic carbocycles. The first kappa shape index (κ1) is 31.7. The van der Waals surface area contributed by atoms with Gasteiger partial charge in [-0.15, -0.1) is 0 Å². The summed E-state index contributed by atoms with van der Waals surface area (Å²) in [5.41, 5.74) is 13.7.